The first kappa shape index (κ1) is 16.8. The normalized spacial score (nSPS) is 16.8. The summed E-state index contributed by atoms with van der Waals surface area (Å²) in [6.45, 7) is 3.67. The minimum Gasteiger partial charge on any atom is -0.355 e. The number of hydrogen-bond donors (Lipinski definition) is 1. The van der Waals surface area contributed by atoms with Crippen molar-refractivity contribution in [3.63, 3.8) is 0 Å². The monoisotopic (exact) mass is 372 g/mol. The zero-order valence-corrected chi connectivity index (χ0v) is 15.5. The summed E-state index contributed by atoms with van der Waals surface area (Å²) in [5, 5.41) is 5.48. The van der Waals surface area contributed by atoms with E-state index in [1.807, 2.05) is 42.1 Å². The molecular weight excluding hydrogens is 352 g/mol. The second-order valence-corrected chi connectivity index (χ2v) is 7.08. The number of fused-ring (bicyclic) bond motifs is 1. The van der Waals surface area contributed by atoms with Gasteiger partial charge in [-0.25, -0.2) is 14.6 Å². The molecule has 5 heterocycles. The van der Waals surface area contributed by atoms with Gasteiger partial charge < -0.3 is 10.6 Å². The molecule has 8 heteroatoms. The van der Waals surface area contributed by atoms with E-state index in [1.165, 1.54) is 0 Å². The van der Waals surface area contributed by atoms with Crippen LogP contribution in [0.5, 0.6) is 0 Å². The maximum Gasteiger partial charge on any atom is 0.156 e. The molecule has 1 saturated heterocycles. The summed E-state index contributed by atoms with van der Waals surface area (Å²) in [4.78, 5) is 20.3. The molecule has 8 nitrogen and oxygen atoms in total. The van der Waals surface area contributed by atoms with E-state index in [0.29, 0.717) is 0 Å². The van der Waals surface area contributed by atoms with Gasteiger partial charge in [-0.05, 0) is 31.5 Å². The van der Waals surface area contributed by atoms with E-state index in [4.69, 9.17) is 10.7 Å². The van der Waals surface area contributed by atoms with Crippen molar-refractivity contribution in [1.82, 2.24) is 29.7 Å². The van der Waals surface area contributed by atoms with Crippen LogP contribution >= 0.6 is 0 Å². The van der Waals surface area contributed by atoms with Crippen LogP contribution in [0, 0.1) is 6.92 Å². The molecule has 0 aromatic carbocycles. The van der Waals surface area contributed by atoms with E-state index in [9.17, 15) is 0 Å². The van der Waals surface area contributed by atoms with Gasteiger partial charge in [-0.2, -0.15) is 5.10 Å². The summed E-state index contributed by atoms with van der Waals surface area (Å²) in [6.07, 6.45) is 8.04. The highest BCUT2D eigenvalue weighted by atomic mass is 15.3. The fraction of sp³-hybridized carbons (Fsp3) is 0.250. The zero-order chi connectivity index (χ0) is 19.1. The molecule has 1 atom stereocenters. The van der Waals surface area contributed by atoms with Gasteiger partial charge in [-0.3, -0.25) is 9.97 Å². The van der Waals surface area contributed by atoms with Gasteiger partial charge in [0.15, 0.2) is 5.82 Å². The summed E-state index contributed by atoms with van der Waals surface area (Å²) < 4.78 is 1.84. The van der Waals surface area contributed by atoms with Crippen molar-refractivity contribution in [3.8, 4) is 17.2 Å². The first-order chi connectivity index (χ1) is 13.7. The Labute approximate surface area is 162 Å². The van der Waals surface area contributed by atoms with Crippen molar-refractivity contribution >= 4 is 16.7 Å². The Balaban J connectivity index is 1.57. The lowest BCUT2D eigenvalue weighted by Gasteiger charge is -2.17. The smallest absolute Gasteiger partial charge is 0.156 e. The molecule has 0 radical (unpaired) electrons. The molecule has 1 aliphatic heterocycles. The van der Waals surface area contributed by atoms with Gasteiger partial charge in [0.25, 0.3) is 0 Å². The SMILES string of the molecule is Cc1cncc(-c2cc3c(cn2)cnn3-c2cccc(N3CCC(N)C3)n2)n1. The van der Waals surface area contributed by atoms with Crippen molar-refractivity contribution in [3.05, 3.63) is 54.7 Å². The summed E-state index contributed by atoms with van der Waals surface area (Å²) in [5.41, 5.74) is 9.32. The molecule has 1 unspecified atom stereocenters. The Hall–Kier alpha value is -3.39. The molecular formula is C20H20N8. The average molecular weight is 372 g/mol. The number of pyridine rings is 2. The molecule has 0 spiro atoms. The lowest BCUT2D eigenvalue weighted by molar-refractivity contribution is 0.751. The molecule has 0 bridgehead atoms. The minimum atomic E-state index is 0.208. The van der Waals surface area contributed by atoms with Crippen LogP contribution in [0.15, 0.2) is 49.1 Å². The summed E-state index contributed by atoms with van der Waals surface area (Å²) in [7, 11) is 0. The molecule has 0 aliphatic carbocycles. The maximum atomic E-state index is 6.05. The van der Waals surface area contributed by atoms with Crippen LogP contribution in [-0.4, -0.2) is 48.8 Å². The second-order valence-electron chi connectivity index (χ2n) is 7.08. The van der Waals surface area contributed by atoms with Crippen molar-refractivity contribution < 1.29 is 0 Å². The van der Waals surface area contributed by atoms with Gasteiger partial charge in [0.05, 0.1) is 29.3 Å². The van der Waals surface area contributed by atoms with E-state index in [0.717, 1.165) is 59.1 Å². The number of aromatic nitrogens is 6. The zero-order valence-electron chi connectivity index (χ0n) is 15.5. The number of aryl methyl sites for hydroxylation is 1. The highest BCUT2D eigenvalue weighted by Gasteiger charge is 2.20. The Kier molecular flexibility index (Phi) is 3.98. The predicted molar refractivity (Wildman–Crippen MR) is 107 cm³/mol. The molecule has 1 fully saturated rings. The van der Waals surface area contributed by atoms with Crippen LogP contribution in [0.1, 0.15) is 12.1 Å². The van der Waals surface area contributed by atoms with Crippen molar-refractivity contribution in [2.24, 2.45) is 5.73 Å². The lowest BCUT2D eigenvalue weighted by atomic mass is 10.2. The largest absolute Gasteiger partial charge is 0.355 e. The van der Waals surface area contributed by atoms with Crippen molar-refractivity contribution in [1.29, 1.82) is 0 Å². The van der Waals surface area contributed by atoms with Gasteiger partial charge in [0.1, 0.15) is 11.5 Å². The van der Waals surface area contributed by atoms with Gasteiger partial charge >= 0.3 is 0 Å². The Morgan fingerprint density at radius 2 is 1.93 bits per heavy atom. The highest BCUT2D eigenvalue weighted by molar-refractivity contribution is 5.82. The van der Waals surface area contributed by atoms with Crippen LogP contribution < -0.4 is 10.6 Å². The molecule has 0 amide bonds. The number of hydrogen-bond acceptors (Lipinski definition) is 7. The fourth-order valence-corrected chi connectivity index (χ4v) is 3.53. The van der Waals surface area contributed by atoms with E-state index < -0.39 is 0 Å². The standard InChI is InChI=1S/C20H20N8/c1-13-8-22-11-17(25-13)16-7-18-14(9-23-16)10-24-28(18)20-4-2-3-19(26-20)27-6-5-15(21)12-27/h2-4,7-11,15H,5-6,12,21H2,1H3. The average Bonchev–Trinajstić information content (AvgIpc) is 3.34. The topological polar surface area (TPSA) is 98.6 Å². The van der Waals surface area contributed by atoms with Crippen LogP contribution in [0.25, 0.3) is 28.1 Å². The predicted octanol–water partition coefficient (Wildman–Crippen LogP) is 2.12. The second kappa shape index (κ2) is 6.65. The summed E-state index contributed by atoms with van der Waals surface area (Å²) in [6, 6.07) is 8.16. The first-order valence-corrected chi connectivity index (χ1v) is 9.28. The molecule has 1 aliphatic rings. The van der Waals surface area contributed by atoms with E-state index in [1.54, 1.807) is 18.6 Å². The van der Waals surface area contributed by atoms with Crippen LogP contribution in [0.2, 0.25) is 0 Å². The van der Waals surface area contributed by atoms with Crippen LogP contribution in [0.4, 0.5) is 5.82 Å². The van der Waals surface area contributed by atoms with E-state index in [-0.39, 0.29) is 6.04 Å². The molecule has 2 N–H and O–H groups in total. The number of nitrogens with two attached hydrogens (primary N) is 1. The minimum absolute atomic E-state index is 0.208. The number of nitrogens with zero attached hydrogens (tertiary/aromatic N) is 7. The number of rotatable bonds is 3. The van der Waals surface area contributed by atoms with Crippen LogP contribution in [-0.2, 0) is 0 Å². The van der Waals surface area contributed by atoms with E-state index in [2.05, 4.69) is 25.0 Å². The first-order valence-electron chi connectivity index (χ1n) is 9.28. The molecule has 140 valence electrons. The third-order valence-electron chi connectivity index (χ3n) is 4.96. The summed E-state index contributed by atoms with van der Waals surface area (Å²) >= 11 is 0. The quantitative estimate of drug-likeness (QED) is 0.588. The van der Waals surface area contributed by atoms with Gasteiger partial charge in [0.2, 0.25) is 0 Å². The highest BCUT2D eigenvalue weighted by Crippen LogP contribution is 2.24. The van der Waals surface area contributed by atoms with Crippen LogP contribution in [0.3, 0.4) is 0 Å². The van der Waals surface area contributed by atoms with Crippen molar-refractivity contribution in [2.45, 2.75) is 19.4 Å². The number of anilines is 1. The van der Waals surface area contributed by atoms with E-state index >= 15 is 0 Å². The van der Waals surface area contributed by atoms with Gasteiger partial charge in [0, 0.05) is 36.9 Å². The Morgan fingerprint density at radius 1 is 1.04 bits per heavy atom. The third kappa shape index (κ3) is 2.97. The molecule has 28 heavy (non-hydrogen) atoms. The lowest BCUT2D eigenvalue weighted by Crippen LogP contribution is -2.27. The van der Waals surface area contributed by atoms with Gasteiger partial charge in [-0.1, -0.05) is 6.07 Å². The third-order valence-corrected chi connectivity index (χ3v) is 4.96. The molecule has 0 saturated carbocycles. The molecule has 5 rings (SSSR count). The summed E-state index contributed by atoms with van der Waals surface area (Å²) in [5.74, 6) is 1.69. The maximum absolute atomic E-state index is 6.05. The molecule has 4 aromatic heterocycles. The Bertz CT molecular complexity index is 1150. The Morgan fingerprint density at radius 3 is 2.75 bits per heavy atom. The molecule has 4 aromatic rings. The fourth-order valence-electron chi connectivity index (χ4n) is 3.53. The van der Waals surface area contributed by atoms with Crippen molar-refractivity contribution in [2.75, 3.05) is 18.0 Å². The van der Waals surface area contributed by atoms with Gasteiger partial charge in [-0.15, -0.1) is 0 Å².